The number of hydrogen-bond donors (Lipinski definition) is 2. The molecule has 1 aliphatic carbocycles. The van der Waals surface area contributed by atoms with Gasteiger partial charge in [-0.2, -0.15) is 0 Å². The second kappa shape index (κ2) is 2.71. The van der Waals surface area contributed by atoms with Crippen molar-refractivity contribution in [2.75, 3.05) is 6.54 Å². The molecular weight excluding hydrogens is 166 g/mol. The van der Waals surface area contributed by atoms with E-state index in [9.17, 15) is 4.79 Å². The van der Waals surface area contributed by atoms with E-state index in [1.807, 2.05) is 0 Å². The lowest BCUT2D eigenvalue weighted by Gasteiger charge is -2.09. The highest BCUT2D eigenvalue weighted by molar-refractivity contribution is 5.74. The van der Waals surface area contributed by atoms with Gasteiger partial charge in [-0.3, -0.25) is 4.79 Å². The van der Waals surface area contributed by atoms with Crippen LogP contribution >= 0.6 is 0 Å². The highest BCUT2D eigenvalue weighted by Gasteiger charge is 2.59. The van der Waals surface area contributed by atoms with Gasteiger partial charge in [0.15, 0.2) is 0 Å². The van der Waals surface area contributed by atoms with Crippen LogP contribution in [0.4, 0.5) is 0 Å². The number of carbonyl (C=O) groups is 1. The van der Waals surface area contributed by atoms with Crippen molar-refractivity contribution in [2.24, 2.45) is 17.3 Å². The molecule has 3 atom stereocenters. The minimum absolute atomic E-state index is 0.288. The molecule has 3 nitrogen and oxygen atoms in total. The van der Waals surface area contributed by atoms with Crippen molar-refractivity contribution in [1.82, 2.24) is 5.32 Å². The molecule has 1 saturated heterocycles. The topological polar surface area (TPSA) is 49.3 Å². The van der Waals surface area contributed by atoms with Crippen LogP contribution in [0.3, 0.4) is 0 Å². The molecule has 2 N–H and O–H groups in total. The Labute approximate surface area is 78.5 Å². The highest BCUT2D eigenvalue weighted by Crippen LogP contribution is 2.60. The van der Waals surface area contributed by atoms with E-state index >= 15 is 0 Å². The first-order chi connectivity index (χ1) is 6.05. The van der Waals surface area contributed by atoms with Gasteiger partial charge in [-0.15, -0.1) is 0 Å². The summed E-state index contributed by atoms with van der Waals surface area (Å²) in [5.74, 6) is 0.768. The van der Waals surface area contributed by atoms with Gasteiger partial charge in [-0.05, 0) is 30.1 Å². The van der Waals surface area contributed by atoms with E-state index in [-0.39, 0.29) is 6.04 Å². The molecule has 2 aliphatic rings. The Kier molecular flexibility index (Phi) is 1.88. The number of rotatable bonds is 2. The molecule has 3 heteroatoms. The van der Waals surface area contributed by atoms with E-state index in [1.54, 1.807) is 0 Å². The Hall–Kier alpha value is -0.570. The zero-order chi connectivity index (χ0) is 9.64. The van der Waals surface area contributed by atoms with Crippen molar-refractivity contribution in [2.45, 2.75) is 32.7 Å². The maximum Gasteiger partial charge on any atom is 0.320 e. The van der Waals surface area contributed by atoms with Crippen LogP contribution in [0.5, 0.6) is 0 Å². The van der Waals surface area contributed by atoms with Crippen molar-refractivity contribution in [3.8, 4) is 0 Å². The average molecular weight is 183 g/mol. The van der Waals surface area contributed by atoms with Gasteiger partial charge in [0.2, 0.25) is 0 Å². The molecule has 74 valence electrons. The number of carboxylic acids is 1. The summed E-state index contributed by atoms with van der Waals surface area (Å²) in [6, 6.07) is -0.288. The van der Waals surface area contributed by atoms with Gasteiger partial charge in [-0.25, -0.2) is 0 Å². The zero-order valence-electron chi connectivity index (χ0n) is 8.21. The van der Waals surface area contributed by atoms with Crippen LogP contribution in [0.1, 0.15) is 26.7 Å². The fourth-order valence-electron chi connectivity index (χ4n) is 2.81. The second-order valence-corrected chi connectivity index (χ2v) is 4.89. The van der Waals surface area contributed by atoms with Crippen LogP contribution in [0, 0.1) is 17.3 Å². The molecule has 2 rings (SSSR count). The largest absolute Gasteiger partial charge is 0.480 e. The summed E-state index contributed by atoms with van der Waals surface area (Å²) in [5, 5.41) is 11.9. The maximum atomic E-state index is 10.7. The Morgan fingerprint density at radius 2 is 2.23 bits per heavy atom. The minimum atomic E-state index is -0.689. The van der Waals surface area contributed by atoms with Crippen LogP contribution in [0.2, 0.25) is 0 Å². The Bertz CT molecular complexity index is 239. The molecule has 1 unspecified atom stereocenters. The molecule has 1 heterocycles. The fourth-order valence-corrected chi connectivity index (χ4v) is 2.81. The van der Waals surface area contributed by atoms with Crippen molar-refractivity contribution in [3.63, 3.8) is 0 Å². The third-order valence-corrected chi connectivity index (χ3v) is 3.67. The molecular formula is C10H17NO2. The summed E-state index contributed by atoms with van der Waals surface area (Å²) in [4.78, 5) is 10.7. The average Bonchev–Trinajstić information content (AvgIpc) is 2.52. The Morgan fingerprint density at radius 1 is 1.54 bits per heavy atom. The van der Waals surface area contributed by atoms with E-state index in [2.05, 4.69) is 19.2 Å². The Balaban J connectivity index is 1.97. The molecule has 0 radical (unpaired) electrons. The van der Waals surface area contributed by atoms with E-state index in [0.29, 0.717) is 11.3 Å². The van der Waals surface area contributed by atoms with Crippen molar-refractivity contribution >= 4 is 5.97 Å². The first kappa shape index (κ1) is 9.00. The molecule has 0 aromatic rings. The predicted octanol–water partition coefficient (Wildman–Crippen LogP) is 1.10. The number of nitrogens with one attached hydrogen (secondary N) is 1. The van der Waals surface area contributed by atoms with Crippen molar-refractivity contribution in [1.29, 1.82) is 0 Å². The standard InChI is InChI=1S/C10H17NO2/c1-6(2)7-3-10(7)4-8(9(12)13)11-5-10/h6-8,11H,3-5H2,1-2H3,(H,12,13)/t7?,8-,10+/m0/s1. The van der Waals surface area contributed by atoms with E-state index in [4.69, 9.17) is 5.11 Å². The molecule has 0 bridgehead atoms. The van der Waals surface area contributed by atoms with Crippen LogP contribution in [-0.2, 0) is 4.79 Å². The van der Waals surface area contributed by atoms with E-state index < -0.39 is 5.97 Å². The van der Waals surface area contributed by atoms with Crippen LogP contribution in [-0.4, -0.2) is 23.7 Å². The normalized spacial score (nSPS) is 43.0. The molecule has 0 amide bonds. The van der Waals surface area contributed by atoms with Crippen molar-refractivity contribution in [3.05, 3.63) is 0 Å². The third-order valence-electron chi connectivity index (χ3n) is 3.67. The number of carboxylic acid groups (broad SMARTS) is 1. The first-order valence-corrected chi connectivity index (χ1v) is 5.01. The lowest BCUT2D eigenvalue weighted by Crippen LogP contribution is -2.29. The predicted molar refractivity (Wildman–Crippen MR) is 49.4 cm³/mol. The molecule has 0 aromatic carbocycles. The van der Waals surface area contributed by atoms with Gasteiger partial charge in [0.1, 0.15) is 6.04 Å². The Morgan fingerprint density at radius 3 is 2.62 bits per heavy atom. The third kappa shape index (κ3) is 1.35. The molecule has 1 saturated carbocycles. The molecule has 13 heavy (non-hydrogen) atoms. The SMILES string of the molecule is CC(C)C1C[C@@]12CN[C@H](C(=O)O)C2. The molecule has 1 aliphatic heterocycles. The smallest absolute Gasteiger partial charge is 0.320 e. The quantitative estimate of drug-likeness (QED) is 0.674. The van der Waals surface area contributed by atoms with Gasteiger partial charge < -0.3 is 10.4 Å². The summed E-state index contributed by atoms with van der Waals surface area (Å²) >= 11 is 0. The van der Waals surface area contributed by atoms with Crippen LogP contribution < -0.4 is 5.32 Å². The summed E-state index contributed by atoms with van der Waals surface area (Å²) in [5.41, 5.74) is 0.344. The monoisotopic (exact) mass is 183 g/mol. The molecule has 1 spiro atoms. The highest BCUT2D eigenvalue weighted by atomic mass is 16.4. The van der Waals surface area contributed by atoms with Crippen molar-refractivity contribution < 1.29 is 9.90 Å². The summed E-state index contributed by atoms with van der Waals surface area (Å²) in [6.07, 6.45) is 2.06. The summed E-state index contributed by atoms with van der Waals surface area (Å²) in [6.45, 7) is 5.37. The fraction of sp³-hybridized carbons (Fsp3) is 0.900. The minimum Gasteiger partial charge on any atom is -0.480 e. The lowest BCUT2D eigenvalue weighted by molar-refractivity contribution is -0.139. The van der Waals surface area contributed by atoms with Crippen LogP contribution in [0.25, 0.3) is 0 Å². The number of hydrogen-bond acceptors (Lipinski definition) is 2. The van der Waals surface area contributed by atoms with Gasteiger partial charge in [-0.1, -0.05) is 13.8 Å². The van der Waals surface area contributed by atoms with E-state index in [1.165, 1.54) is 6.42 Å². The van der Waals surface area contributed by atoms with Gasteiger partial charge >= 0.3 is 5.97 Å². The second-order valence-electron chi connectivity index (χ2n) is 4.89. The lowest BCUT2D eigenvalue weighted by atomic mass is 9.94. The first-order valence-electron chi connectivity index (χ1n) is 5.01. The van der Waals surface area contributed by atoms with Crippen LogP contribution in [0.15, 0.2) is 0 Å². The van der Waals surface area contributed by atoms with Gasteiger partial charge in [0.25, 0.3) is 0 Å². The van der Waals surface area contributed by atoms with E-state index in [0.717, 1.165) is 18.9 Å². The number of aliphatic carboxylic acids is 1. The summed E-state index contributed by atoms with van der Waals surface area (Å²) < 4.78 is 0. The molecule has 2 fully saturated rings. The maximum absolute atomic E-state index is 10.7. The molecule has 0 aromatic heterocycles. The van der Waals surface area contributed by atoms with Gasteiger partial charge in [0, 0.05) is 6.54 Å². The summed E-state index contributed by atoms with van der Waals surface area (Å²) in [7, 11) is 0. The van der Waals surface area contributed by atoms with Gasteiger partial charge in [0.05, 0.1) is 0 Å². The zero-order valence-corrected chi connectivity index (χ0v) is 8.21.